The van der Waals surface area contributed by atoms with Crippen molar-refractivity contribution in [2.45, 2.75) is 57.2 Å². The Bertz CT molecular complexity index is 593. The fourth-order valence-corrected chi connectivity index (χ4v) is 3.80. The molecule has 3 N–H and O–H groups in total. The van der Waals surface area contributed by atoms with E-state index in [1.54, 1.807) is 0 Å². The lowest BCUT2D eigenvalue weighted by Gasteiger charge is -2.23. The fourth-order valence-electron chi connectivity index (χ4n) is 3.80. The van der Waals surface area contributed by atoms with Gasteiger partial charge in [-0.05, 0) is 18.4 Å². The Kier molecular flexibility index (Phi) is 6.04. The van der Waals surface area contributed by atoms with E-state index in [4.69, 9.17) is 4.74 Å². The summed E-state index contributed by atoms with van der Waals surface area (Å²) >= 11 is 0. The molecule has 1 aliphatic carbocycles. The third kappa shape index (κ3) is 4.58. The zero-order valence-corrected chi connectivity index (χ0v) is 14.7. The summed E-state index contributed by atoms with van der Waals surface area (Å²) in [7, 11) is 0. The third-order valence-electron chi connectivity index (χ3n) is 5.14. The molecule has 2 aliphatic rings. The first-order chi connectivity index (χ1) is 12.1. The number of benzene rings is 1. The molecule has 1 amide bonds. The van der Waals surface area contributed by atoms with E-state index >= 15 is 0 Å². The van der Waals surface area contributed by atoms with E-state index in [0.717, 1.165) is 24.8 Å². The van der Waals surface area contributed by atoms with Crippen LogP contribution in [-0.4, -0.2) is 30.5 Å². The van der Waals surface area contributed by atoms with Crippen molar-refractivity contribution in [3.63, 3.8) is 0 Å². The highest BCUT2D eigenvalue weighted by Crippen LogP contribution is 2.30. The molecule has 3 rings (SSSR count). The summed E-state index contributed by atoms with van der Waals surface area (Å²) in [5, 5.41) is 2.75. The number of nitrogens with one attached hydrogen (secondary N) is 3. The number of fused-ring (bicyclic) bond motifs is 1. The van der Waals surface area contributed by atoms with Crippen LogP contribution in [0, 0.1) is 5.92 Å². The Hall–Kier alpha value is -1.92. The molecular formula is C19H27N3O3. The number of carbonyl (C=O) groups is 2. The lowest BCUT2D eigenvalue weighted by Crippen LogP contribution is -2.41. The predicted octanol–water partition coefficient (Wildman–Crippen LogP) is 1.83. The maximum Gasteiger partial charge on any atom is 0.325 e. The number of hydrogen-bond donors (Lipinski definition) is 3. The van der Waals surface area contributed by atoms with Crippen LogP contribution in [0.4, 0.5) is 0 Å². The van der Waals surface area contributed by atoms with E-state index < -0.39 is 6.10 Å². The van der Waals surface area contributed by atoms with Gasteiger partial charge in [0.2, 0.25) is 5.91 Å². The second-order valence-electron chi connectivity index (χ2n) is 6.95. The lowest BCUT2D eigenvalue weighted by atomic mass is 9.90. The first-order valence-corrected chi connectivity index (χ1v) is 9.16. The van der Waals surface area contributed by atoms with E-state index in [0.29, 0.717) is 6.04 Å². The summed E-state index contributed by atoms with van der Waals surface area (Å²) in [4.78, 5) is 24.1. The average Bonchev–Trinajstić information content (AvgIpc) is 2.88. The van der Waals surface area contributed by atoms with Crippen molar-refractivity contribution in [1.82, 2.24) is 16.2 Å². The number of hydrazine groups is 1. The third-order valence-corrected chi connectivity index (χ3v) is 5.14. The van der Waals surface area contributed by atoms with Crippen molar-refractivity contribution in [2.24, 2.45) is 5.92 Å². The van der Waals surface area contributed by atoms with Gasteiger partial charge < -0.3 is 10.1 Å². The van der Waals surface area contributed by atoms with E-state index in [2.05, 4.69) is 16.2 Å². The van der Waals surface area contributed by atoms with Crippen LogP contribution in [0.2, 0.25) is 0 Å². The summed E-state index contributed by atoms with van der Waals surface area (Å²) in [5.41, 5.74) is 7.29. The SMILES string of the molecule is CC(=O)NCC(OC(=O)C1NNC2CCCCCC21)c1ccccc1. The van der Waals surface area contributed by atoms with Crippen LogP contribution in [0.25, 0.3) is 0 Å². The topological polar surface area (TPSA) is 79.5 Å². The smallest absolute Gasteiger partial charge is 0.325 e. The highest BCUT2D eigenvalue weighted by Gasteiger charge is 2.41. The van der Waals surface area contributed by atoms with Crippen molar-refractivity contribution in [1.29, 1.82) is 0 Å². The molecule has 4 atom stereocenters. The van der Waals surface area contributed by atoms with E-state index in [-0.39, 0.29) is 30.4 Å². The Balaban J connectivity index is 1.68. The van der Waals surface area contributed by atoms with Crippen LogP contribution in [0.1, 0.15) is 50.7 Å². The summed E-state index contributed by atoms with van der Waals surface area (Å²) in [6.45, 7) is 1.74. The molecule has 6 nitrogen and oxygen atoms in total. The van der Waals surface area contributed by atoms with Gasteiger partial charge in [0.25, 0.3) is 0 Å². The van der Waals surface area contributed by atoms with Crippen molar-refractivity contribution >= 4 is 11.9 Å². The standard InChI is InChI=1S/C19H27N3O3/c1-13(23)20-12-17(14-8-4-2-5-9-14)25-19(24)18-15-10-6-3-7-11-16(15)21-22-18/h2,4-5,8-9,15-18,21-22H,3,6-7,10-12H2,1H3,(H,20,23). The number of esters is 1. The Labute approximate surface area is 148 Å². The van der Waals surface area contributed by atoms with Gasteiger partial charge in [-0.2, -0.15) is 0 Å². The van der Waals surface area contributed by atoms with Gasteiger partial charge in [0.05, 0.1) is 6.54 Å². The molecule has 25 heavy (non-hydrogen) atoms. The Morgan fingerprint density at radius 3 is 2.68 bits per heavy atom. The molecule has 4 unspecified atom stereocenters. The van der Waals surface area contributed by atoms with Crippen LogP contribution < -0.4 is 16.2 Å². The predicted molar refractivity (Wildman–Crippen MR) is 94.4 cm³/mol. The second-order valence-corrected chi connectivity index (χ2v) is 6.95. The minimum Gasteiger partial charge on any atom is -0.454 e. The van der Waals surface area contributed by atoms with Gasteiger partial charge in [-0.15, -0.1) is 0 Å². The lowest BCUT2D eigenvalue weighted by molar-refractivity contribution is -0.153. The first kappa shape index (κ1) is 17.9. The fraction of sp³-hybridized carbons (Fsp3) is 0.579. The molecular weight excluding hydrogens is 318 g/mol. The number of hydrogen-bond acceptors (Lipinski definition) is 5. The summed E-state index contributed by atoms with van der Waals surface area (Å²) in [6, 6.07) is 9.56. The molecule has 0 spiro atoms. The largest absolute Gasteiger partial charge is 0.454 e. The van der Waals surface area contributed by atoms with Crippen molar-refractivity contribution < 1.29 is 14.3 Å². The highest BCUT2D eigenvalue weighted by molar-refractivity contribution is 5.77. The van der Waals surface area contributed by atoms with Crippen molar-refractivity contribution in [2.75, 3.05) is 6.54 Å². The quantitative estimate of drug-likeness (QED) is 0.710. The summed E-state index contributed by atoms with van der Waals surface area (Å²) < 4.78 is 5.80. The van der Waals surface area contributed by atoms with Gasteiger partial charge in [0, 0.05) is 18.9 Å². The average molecular weight is 345 g/mol. The van der Waals surface area contributed by atoms with Crippen LogP contribution >= 0.6 is 0 Å². The molecule has 1 aromatic rings. The molecule has 1 heterocycles. The molecule has 136 valence electrons. The van der Waals surface area contributed by atoms with Crippen LogP contribution in [-0.2, 0) is 14.3 Å². The normalized spacial score (nSPS) is 27.0. The first-order valence-electron chi connectivity index (χ1n) is 9.16. The van der Waals surface area contributed by atoms with Gasteiger partial charge in [-0.1, -0.05) is 49.6 Å². The molecule has 1 saturated carbocycles. The number of rotatable bonds is 5. The second kappa shape index (κ2) is 8.45. The minimum atomic E-state index is -0.482. The van der Waals surface area contributed by atoms with Gasteiger partial charge in [-0.3, -0.25) is 15.0 Å². The zero-order chi connectivity index (χ0) is 17.6. The number of amides is 1. The molecule has 0 aromatic heterocycles. The van der Waals surface area contributed by atoms with E-state index in [1.807, 2.05) is 30.3 Å². The molecule has 0 radical (unpaired) electrons. The molecule has 2 fully saturated rings. The number of ether oxygens (including phenoxy) is 1. The number of carbonyl (C=O) groups excluding carboxylic acids is 2. The highest BCUT2D eigenvalue weighted by atomic mass is 16.5. The molecule has 6 heteroatoms. The summed E-state index contributed by atoms with van der Waals surface area (Å²) in [6.07, 6.45) is 5.23. The van der Waals surface area contributed by atoms with E-state index in [1.165, 1.54) is 19.8 Å². The zero-order valence-electron chi connectivity index (χ0n) is 14.7. The van der Waals surface area contributed by atoms with Gasteiger partial charge in [0.1, 0.15) is 12.1 Å². The van der Waals surface area contributed by atoms with Gasteiger partial charge in [0.15, 0.2) is 0 Å². The van der Waals surface area contributed by atoms with Crippen LogP contribution in [0.5, 0.6) is 0 Å². The van der Waals surface area contributed by atoms with Crippen molar-refractivity contribution in [3.05, 3.63) is 35.9 Å². The summed E-state index contributed by atoms with van der Waals surface area (Å²) in [5.74, 6) is -0.116. The molecule has 1 aliphatic heterocycles. The molecule has 1 aromatic carbocycles. The van der Waals surface area contributed by atoms with Gasteiger partial charge in [-0.25, -0.2) is 5.43 Å². The Morgan fingerprint density at radius 2 is 1.92 bits per heavy atom. The monoisotopic (exact) mass is 345 g/mol. The van der Waals surface area contributed by atoms with E-state index in [9.17, 15) is 9.59 Å². The molecule has 0 bridgehead atoms. The van der Waals surface area contributed by atoms with Crippen molar-refractivity contribution in [3.8, 4) is 0 Å². The van der Waals surface area contributed by atoms with Gasteiger partial charge >= 0.3 is 5.97 Å². The molecule has 1 saturated heterocycles. The maximum atomic E-state index is 12.8. The maximum absolute atomic E-state index is 12.8. The van der Waals surface area contributed by atoms with Crippen LogP contribution in [0.15, 0.2) is 30.3 Å². The Morgan fingerprint density at radius 1 is 1.16 bits per heavy atom. The van der Waals surface area contributed by atoms with Crippen LogP contribution in [0.3, 0.4) is 0 Å². The minimum absolute atomic E-state index is 0.138.